The Hall–Kier alpha value is -2.10. The van der Waals surface area contributed by atoms with E-state index in [1.54, 1.807) is 50.3 Å². The van der Waals surface area contributed by atoms with E-state index in [0.717, 1.165) is 9.13 Å². The zero-order valence-corrected chi connectivity index (χ0v) is 14.5. The van der Waals surface area contributed by atoms with Crippen LogP contribution in [0.25, 0.3) is 0 Å². The standard InChI is InChI=1S/C14H15IN4O3/c1-19-8-11(15)13(18-19)14(20)17-16-7-9-4-5-10(21-2)6-12(9)22-3/h4-8H,1-3H3,(H,17,20)/b16-7-. The van der Waals surface area contributed by atoms with Gasteiger partial charge >= 0.3 is 0 Å². The number of nitrogens with zero attached hydrogens (tertiary/aromatic N) is 3. The SMILES string of the molecule is COc1ccc(/C=N\NC(=O)c2nn(C)cc2I)c(OC)c1. The van der Waals surface area contributed by atoms with E-state index in [9.17, 15) is 4.79 Å². The lowest BCUT2D eigenvalue weighted by molar-refractivity contribution is 0.0948. The molecule has 22 heavy (non-hydrogen) atoms. The molecule has 0 saturated heterocycles. The normalized spacial score (nSPS) is 10.7. The third-order valence-electron chi connectivity index (χ3n) is 2.81. The Labute approximate surface area is 141 Å². The smallest absolute Gasteiger partial charge is 0.292 e. The minimum absolute atomic E-state index is 0.335. The highest BCUT2D eigenvalue weighted by Gasteiger charge is 2.13. The van der Waals surface area contributed by atoms with Gasteiger partial charge in [-0.2, -0.15) is 10.2 Å². The number of ether oxygens (including phenoxy) is 2. The number of methoxy groups -OCH3 is 2. The molecular formula is C14H15IN4O3. The second-order valence-corrected chi connectivity index (χ2v) is 5.47. The Morgan fingerprint density at radius 1 is 1.41 bits per heavy atom. The maximum Gasteiger partial charge on any atom is 0.292 e. The van der Waals surface area contributed by atoms with Gasteiger partial charge < -0.3 is 9.47 Å². The van der Waals surface area contributed by atoms with Gasteiger partial charge in [-0.05, 0) is 34.7 Å². The number of rotatable bonds is 5. The number of carbonyl (C=O) groups is 1. The summed E-state index contributed by atoms with van der Waals surface area (Å²) >= 11 is 2.05. The molecule has 0 fully saturated rings. The summed E-state index contributed by atoms with van der Waals surface area (Å²) in [5, 5.41) is 8.01. The van der Waals surface area contributed by atoms with Gasteiger partial charge in [0.25, 0.3) is 5.91 Å². The van der Waals surface area contributed by atoms with Crippen LogP contribution in [0.1, 0.15) is 16.1 Å². The molecule has 1 aromatic heterocycles. The van der Waals surface area contributed by atoms with Crippen LogP contribution >= 0.6 is 22.6 Å². The van der Waals surface area contributed by atoms with Crippen molar-refractivity contribution in [2.24, 2.45) is 12.1 Å². The van der Waals surface area contributed by atoms with Crippen molar-refractivity contribution in [3.05, 3.63) is 39.2 Å². The molecule has 1 N–H and O–H groups in total. The molecule has 1 amide bonds. The Morgan fingerprint density at radius 2 is 2.18 bits per heavy atom. The molecule has 2 aromatic rings. The number of hydrogen-bond acceptors (Lipinski definition) is 5. The number of carbonyl (C=O) groups excluding carboxylic acids is 1. The molecule has 0 saturated carbocycles. The summed E-state index contributed by atoms with van der Waals surface area (Å²) in [4.78, 5) is 12.0. The summed E-state index contributed by atoms with van der Waals surface area (Å²) in [6.45, 7) is 0. The highest BCUT2D eigenvalue weighted by atomic mass is 127. The highest BCUT2D eigenvalue weighted by Crippen LogP contribution is 2.23. The van der Waals surface area contributed by atoms with Crippen molar-refractivity contribution in [2.45, 2.75) is 0 Å². The summed E-state index contributed by atoms with van der Waals surface area (Å²) in [7, 11) is 4.89. The van der Waals surface area contributed by atoms with Crippen LogP contribution in [0.4, 0.5) is 0 Å². The Kier molecular flexibility index (Phi) is 5.36. The Bertz CT molecular complexity index is 712. The summed E-state index contributed by atoms with van der Waals surface area (Å²) in [6, 6.07) is 5.32. The summed E-state index contributed by atoms with van der Waals surface area (Å²) < 4.78 is 12.7. The van der Waals surface area contributed by atoms with Crippen LogP contribution < -0.4 is 14.9 Å². The van der Waals surface area contributed by atoms with Crippen molar-refractivity contribution in [1.82, 2.24) is 15.2 Å². The van der Waals surface area contributed by atoms with Crippen molar-refractivity contribution in [3.8, 4) is 11.5 Å². The van der Waals surface area contributed by atoms with E-state index < -0.39 is 0 Å². The average molecular weight is 414 g/mol. The van der Waals surface area contributed by atoms with E-state index in [1.807, 2.05) is 22.6 Å². The first-order chi connectivity index (χ1) is 10.5. The third-order valence-corrected chi connectivity index (χ3v) is 3.60. The first-order valence-corrected chi connectivity index (χ1v) is 7.37. The number of benzene rings is 1. The first kappa shape index (κ1) is 16.3. The predicted octanol–water partition coefficient (Wildman–Crippen LogP) is 1.81. The summed E-state index contributed by atoms with van der Waals surface area (Å²) in [6.07, 6.45) is 3.26. The number of aromatic nitrogens is 2. The molecule has 0 atom stereocenters. The third kappa shape index (κ3) is 3.75. The number of halogens is 1. The summed E-state index contributed by atoms with van der Waals surface area (Å²) in [5.74, 6) is 0.916. The average Bonchev–Trinajstić information content (AvgIpc) is 2.86. The van der Waals surface area contributed by atoms with Gasteiger partial charge in [-0.25, -0.2) is 5.43 Å². The van der Waals surface area contributed by atoms with Crippen LogP contribution in [-0.4, -0.2) is 36.1 Å². The van der Waals surface area contributed by atoms with Crippen molar-refractivity contribution in [2.75, 3.05) is 14.2 Å². The number of hydrazone groups is 1. The van der Waals surface area contributed by atoms with E-state index in [4.69, 9.17) is 9.47 Å². The van der Waals surface area contributed by atoms with Gasteiger partial charge in [0.1, 0.15) is 11.5 Å². The van der Waals surface area contributed by atoms with E-state index in [2.05, 4.69) is 15.6 Å². The maximum absolute atomic E-state index is 12.0. The van der Waals surface area contributed by atoms with Crippen LogP contribution in [0.15, 0.2) is 29.5 Å². The van der Waals surface area contributed by atoms with Crippen LogP contribution in [0.3, 0.4) is 0 Å². The predicted molar refractivity (Wildman–Crippen MR) is 90.5 cm³/mol. The fraction of sp³-hybridized carbons (Fsp3) is 0.214. The Morgan fingerprint density at radius 3 is 2.77 bits per heavy atom. The number of nitrogens with one attached hydrogen (secondary N) is 1. The van der Waals surface area contributed by atoms with Crippen molar-refractivity contribution in [3.63, 3.8) is 0 Å². The molecule has 2 rings (SSSR count). The lowest BCUT2D eigenvalue weighted by Crippen LogP contribution is -2.19. The fourth-order valence-corrected chi connectivity index (χ4v) is 2.51. The quantitative estimate of drug-likeness (QED) is 0.460. The van der Waals surface area contributed by atoms with Crippen LogP contribution in [0, 0.1) is 3.57 Å². The van der Waals surface area contributed by atoms with Crippen LogP contribution in [0.5, 0.6) is 11.5 Å². The number of amides is 1. The molecule has 1 aromatic carbocycles. The number of hydrogen-bond donors (Lipinski definition) is 1. The molecular weight excluding hydrogens is 399 g/mol. The van der Waals surface area contributed by atoms with E-state index >= 15 is 0 Å². The highest BCUT2D eigenvalue weighted by molar-refractivity contribution is 14.1. The van der Waals surface area contributed by atoms with E-state index in [1.165, 1.54) is 6.21 Å². The van der Waals surface area contributed by atoms with Crippen molar-refractivity contribution in [1.29, 1.82) is 0 Å². The molecule has 0 unspecified atom stereocenters. The lowest BCUT2D eigenvalue weighted by Gasteiger charge is -2.06. The molecule has 0 aliphatic rings. The van der Waals surface area contributed by atoms with Gasteiger partial charge in [-0.15, -0.1) is 0 Å². The molecule has 0 spiro atoms. The molecule has 0 radical (unpaired) electrons. The van der Waals surface area contributed by atoms with E-state index in [0.29, 0.717) is 17.2 Å². The topological polar surface area (TPSA) is 77.7 Å². The summed E-state index contributed by atoms with van der Waals surface area (Å²) in [5.41, 5.74) is 3.50. The molecule has 7 nitrogen and oxygen atoms in total. The van der Waals surface area contributed by atoms with Gasteiger partial charge in [0, 0.05) is 24.9 Å². The number of aryl methyl sites for hydroxylation is 1. The first-order valence-electron chi connectivity index (χ1n) is 6.29. The Balaban J connectivity index is 2.09. The minimum atomic E-state index is -0.367. The van der Waals surface area contributed by atoms with Gasteiger partial charge in [-0.3, -0.25) is 9.48 Å². The molecule has 0 bridgehead atoms. The van der Waals surface area contributed by atoms with Crippen LogP contribution in [-0.2, 0) is 7.05 Å². The minimum Gasteiger partial charge on any atom is -0.497 e. The fourth-order valence-electron chi connectivity index (χ4n) is 1.75. The molecule has 116 valence electrons. The maximum atomic E-state index is 12.0. The zero-order valence-electron chi connectivity index (χ0n) is 12.3. The van der Waals surface area contributed by atoms with Crippen LogP contribution in [0.2, 0.25) is 0 Å². The van der Waals surface area contributed by atoms with Crippen molar-refractivity contribution >= 4 is 34.7 Å². The molecule has 8 heteroatoms. The van der Waals surface area contributed by atoms with Gasteiger partial charge in [0.15, 0.2) is 5.69 Å². The lowest BCUT2D eigenvalue weighted by atomic mass is 10.2. The van der Waals surface area contributed by atoms with E-state index in [-0.39, 0.29) is 5.91 Å². The molecule has 0 aliphatic carbocycles. The molecule has 1 heterocycles. The molecule has 0 aliphatic heterocycles. The largest absolute Gasteiger partial charge is 0.497 e. The second-order valence-electron chi connectivity index (χ2n) is 4.31. The monoisotopic (exact) mass is 414 g/mol. The van der Waals surface area contributed by atoms with Gasteiger partial charge in [0.2, 0.25) is 0 Å². The van der Waals surface area contributed by atoms with Gasteiger partial charge in [0.05, 0.1) is 24.0 Å². The second kappa shape index (κ2) is 7.25. The van der Waals surface area contributed by atoms with Gasteiger partial charge in [-0.1, -0.05) is 0 Å². The zero-order chi connectivity index (χ0) is 16.1. The van der Waals surface area contributed by atoms with Crippen molar-refractivity contribution < 1.29 is 14.3 Å².